The first-order chi connectivity index (χ1) is 10.9. The molecule has 0 saturated carbocycles. The number of benzene rings is 2. The number of fused-ring (bicyclic) bond motifs is 1. The normalized spacial score (nSPS) is 11.1. The molecule has 0 aliphatic carbocycles. The van der Waals surface area contributed by atoms with E-state index in [9.17, 15) is 0 Å². The number of unbranched alkanes of at least 4 members (excludes halogenated alkanes) is 4. The number of aryl methyl sites for hydroxylation is 1. The van der Waals surface area contributed by atoms with Gasteiger partial charge in [-0.1, -0.05) is 69.0 Å². The van der Waals surface area contributed by atoms with Crippen molar-refractivity contribution in [2.24, 2.45) is 0 Å². The Bertz CT molecular complexity index is 679. The van der Waals surface area contributed by atoms with Crippen molar-refractivity contribution in [3.8, 4) is 10.6 Å². The van der Waals surface area contributed by atoms with Crippen molar-refractivity contribution < 1.29 is 0 Å². The number of para-hydroxylation sites is 1. The standard InChI is InChI=1S/C20H23NS/c1-2-3-4-5-6-9-16-12-14-17(15-13-16)20-21-18-10-7-8-11-19(18)22-20/h7-8,10-15H,2-6,9H2,1H3. The summed E-state index contributed by atoms with van der Waals surface area (Å²) in [6.45, 7) is 2.26. The molecule has 0 aliphatic rings. The van der Waals surface area contributed by atoms with Crippen LogP contribution in [0.5, 0.6) is 0 Å². The van der Waals surface area contributed by atoms with Crippen molar-refractivity contribution in [1.82, 2.24) is 4.98 Å². The Morgan fingerprint density at radius 2 is 1.64 bits per heavy atom. The van der Waals surface area contributed by atoms with Gasteiger partial charge < -0.3 is 0 Å². The van der Waals surface area contributed by atoms with E-state index in [4.69, 9.17) is 4.98 Å². The highest BCUT2D eigenvalue weighted by atomic mass is 32.1. The molecule has 1 nitrogen and oxygen atoms in total. The van der Waals surface area contributed by atoms with Crippen LogP contribution in [0.3, 0.4) is 0 Å². The minimum absolute atomic E-state index is 1.10. The van der Waals surface area contributed by atoms with Gasteiger partial charge in [0, 0.05) is 5.56 Å². The molecule has 0 amide bonds. The van der Waals surface area contributed by atoms with Gasteiger partial charge in [-0.2, -0.15) is 0 Å². The van der Waals surface area contributed by atoms with E-state index < -0.39 is 0 Å². The summed E-state index contributed by atoms with van der Waals surface area (Å²) in [6.07, 6.45) is 7.92. The number of thiazole rings is 1. The lowest BCUT2D eigenvalue weighted by Crippen LogP contribution is -1.86. The van der Waals surface area contributed by atoms with Gasteiger partial charge in [0.15, 0.2) is 0 Å². The minimum Gasteiger partial charge on any atom is -0.236 e. The van der Waals surface area contributed by atoms with E-state index in [1.165, 1.54) is 54.4 Å². The monoisotopic (exact) mass is 309 g/mol. The SMILES string of the molecule is CCCCCCCc1ccc(-c2nc3ccccc3s2)cc1. The van der Waals surface area contributed by atoms with E-state index in [1.807, 2.05) is 6.07 Å². The van der Waals surface area contributed by atoms with Crippen LogP contribution in [0.25, 0.3) is 20.8 Å². The lowest BCUT2D eigenvalue weighted by atomic mass is 10.0. The minimum atomic E-state index is 1.10. The zero-order valence-electron chi connectivity index (χ0n) is 13.2. The van der Waals surface area contributed by atoms with Crippen LogP contribution < -0.4 is 0 Å². The fraction of sp³-hybridized carbons (Fsp3) is 0.350. The highest BCUT2D eigenvalue weighted by Gasteiger charge is 2.05. The van der Waals surface area contributed by atoms with E-state index in [1.54, 1.807) is 11.3 Å². The molecule has 0 aliphatic heterocycles. The summed E-state index contributed by atoms with van der Waals surface area (Å²) in [6, 6.07) is 17.3. The van der Waals surface area contributed by atoms with Gasteiger partial charge in [0.05, 0.1) is 10.2 Å². The Labute approximate surface area is 137 Å². The third-order valence-corrected chi connectivity index (χ3v) is 5.15. The molecule has 0 atom stereocenters. The van der Waals surface area contributed by atoms with Crippen LogP contribution >= 0.6 is 11.3 Å². The molecule has 0 bridgehead atoms. The highest BCUT2D eigenvalue weighted by molar-refractivity contribution is 7.21. The maximum Gasteiger partial charge on any atom is 0.124 e. The second-order valence-corrected chi connectivity index (χ2v) is 6.88. The molecule has 0 N–H and O–H groups in total. The van der Waals surface area contributed by atoms with Crippen molar-refractivity contribution in [2.75, 3.05) is 0 Å². The summed E-state index contributed by atoms with van der Waals surface area (Å²) >= 11 is 1.77. The number of aromatic nitrogens is 1. The Hall–Kier alpha value is -1.67. The maximum absolute atomic E-state index is 4.73. The Morgan fingerprint density at radius 3 is 2.41 bits per heavy atom. The molecular formula is C20H23NS. The van der Waals surface area contributed by atoms with Crippen LogP contribution in [0.2, 0.25) is 0 Å². The molecular weight excluding hydrogens is 286 g/mol. The lowest BCUT2D eigenvalue weighted by Gasteiger charge is -2.03. The molecule has 0 fully saturated rings. The van der Waals surface area contributed by atoms with E-state index in [0.717, 1.165) is 10.5 Å². The van der Waals surface area contributed by atoms with E-state index in [2.05, 4.69) is 49.4 Å². The molecule has 0 spiro atoms. The molecule has 2 heteroatoms. The van der Waals surface area contributed by atoms with Gasteiger partial charge in [-0.05, 0) is 30.5 Å². The zero-order chi connectivity index (χ0) is 15.2. The Balaban J connectivity index is 1.63. The highest BCUT2D eigenvalue weighted by Crippen LogP contribution is 2.30. The Morgan fingerprint density at radius 1 is 0.864 bits per heavy atom. The molecule has 0 saturated heterocycles. The molecule has 1 heterocycles. The second-order valence-electron chi connectivity index (χ2n) is 5.85. The first kappa shape index (κ1) is 15.2. The van der Waals surface area contributed by atoms with Gasteiger partial charge in [-0.3, -0.25) is 0 Å². The third kappa shape index (κ3) is 3.75. The molecule has 1 aromatic heterocycles. The van der Waals surface area contributed by atoms with Crippen molar-refractivity contribution >= 4 is 21.6 Å². The maximum atomic E-state index is 4.73. The van der Waals surface area contributed by atoms with E-state index >= 15 is 0 Å². The zero-order valence-corrected chi connectivity index (χ0v) is 14.0. The van der Waals surface area contributed by atoms with Gasteiger partial charge in [0.2, 0.25) is 0 Å². The van der Waals surface area contributed by atoms with Crippen LogP contribution in [0.4, 0.5) is 0 Å². The van der Waals surface area contributed by atoms with Gasteiger partial charge in [0.1, 0.15) is 5.01 Å². The number of nitrogens with zero attached hydrogens (tertiary/aromatic N) is 1. The van der Waals surface area contributed by atoms with Gasteiger partial charge in [-0.15, -0.1) is 11.3 Å². The fourth-order valence-electron chi connectivity index (χ4n) is 2.74. The molecule has 3 rings (SSSR count). The summed E-state index contributed by atoms with van der Waals surface area (Å²) in [7, 11) is 0. The van der Waals surface area contributed by atoms with Crippen LogP contribution in [-0.4, -0.2) is 4.98 Å². The Kier molecular flexibility index (Phi) is 5.23. The molecule has 2 aromatic carbocycles. The van der Waals surface area contributed by atoms with E-state index in [-0.39, 0.29) is 0 Å². The number of rotatable bonds is 7. The van der Waals surface area contributed by atoms with Crippen molar-refractivity contribution in [1.29, 1.82) is 0 Å². The molecule has 0 radical (unpaired) electrons. The van der Waals surface area contributed by atoms with Crippen molar-refractivity contribution in [3.63, 3.8) is 0 Å². The third-order valence-electron chi connectivity index (χ3n) is 4.06. The molecule has 3 aromatic rings. The molecule has 22 heavy (non-hydrogen) atoms. The molecule has 114 valence electrons. The van der Waals surface area contributed by atoms with Crippen LogP contribution in [0.1, 0.15) is 44.6 Å². The smallest absolute Gasteiger partial charge is 0.124 e. The predicted molar refractivity (Wildman–Crippen MR) is 97.5 cm³/mol. The quantitative estimate of drug-likeness (QED) is 0.455. The van der Waals surface area contributed by atoms with Crippen LogP contribution in [0, 0.1) is 0 Å². The number of hydrogen-bond donors (Lipinski definition) is 0. The number of hydrogen-bond acceptors (Lipinski definition) is 2. The average Bonchev–Trinajstić information content (AvgIpc) is 2.99. The van der Waals surface area contributed by atoms with Gasteiger partial charge >= 0.3 is 0 Å². The van der Waals surface area contributed by atoms with E-state index in [0.29, 0.717) is 0 Å². The predicted octanol–water partition coefficient (Wildman–Crippen LogP) is 6.48. The van der Waals surface area contributed by atoms with Crippen molar-refractivity contribution in [2.45, 2.75) is 45.4 Å². The second kappa shape index (κ2) is 7.55. The topological polar surface area (TPSA) is 12.9 Å². The first-order valence-electron chi connectivity index (χ1n) is 8.31. The summed E-state index contributed by atoms with van der Waals surface area (Å²) < 4.78 is 1.26. The lowest BCUT2D eigenvalue weighted by molar-refractivity contribution is 0.632. The summed E-state index contributed by atoms with van der Waals surface area (Å²) in [5.41, 5.74) is 3.78. The average molecular weight is 309 g/mol. The summed E-state index contributed by atoms with van der Waals surface area (Å²) in [5, 5.41) is 1.12. The summed E-state index contributed by atoms with van der Waals surface area (Å²) in [4.78, 5) is 4.73. The molecule has 0 unspecified atom stereocenters. The van der Waals surface area contributed by atoms with Gasteiger partial charge in [-0.25, -0.2) is 4.98 Å². The summed E-state index contributed by atoms with van der Waals surface area (Å²) in [5.74, 6) is 0. The largest absolute Gasteiger partial charge is 0.236 e. The van der Waals surface area contributed by atoms with Gasteiger partial charge in [0.25, 0.3) is 0 Å². The first-order valence-corrected chi connectivity index (χ1v) is 9.13. The fourth-order valence-corrected chi connectivity index (χ4v) is 3.71. The van der Waals surface area contributed by atoms with Crippen LogP contribution in [-0.2, 0) is 6.42 Å². The van der Waals surface area contributed by atoms with Crippen LogP contribution in [0.15, 0.2) is 48.5 Å². The van der Waals surface area contributed by atoms with Crippen molar-refractivity contribution in [3.05, 3.63) is 54.1 Å².